The van der Waals surface area contributed by atoms with E-state index in [1.54, 1.807) is 25.1 Å². The lowest BCUT2D eigenvalue weighted by atomic mass is 9.95. The molecule has 0 radical (unpaired) electrons. The second kappa shape index (κ2) is 7.31. The van der Waals surface area contributed by atoms with Gasteiger partial charge in [0.1, 0.15) is 6.04 Å². The lowest BCUT2D eigenvalue weighted by Crippen LogP contribution is -2.45. The monoisotopic (exact) mass is 344 g/mol. The van der Waals surface area contributed by atoms with E-state index in [-0.39, 0.29) is 11.8 Å². The third-order valence-electron chi connectivity index (χ3n) is 3.99. The third-order valence-corrected chi connectivity index (χ3v) is 4.73. The molecule has 1 saturated heterocycles. The molecule has 0 aliphatic carbocycles. The summed E-state index contributed by atoms with van der Waals surface area (Å²) in [6.45, 7) is 2.87. The van der Waals surface area contributed by atoms with Gasteiger partial charge in [-0.15, -0.1) is 0 Å². The van der Waals surface area contributed by atoms with Gasteiger partial charge in [0.25, 0.3) is 0 Å². The zero-order chi connectivity index (χ0) is 16.3. The molecule has 1 amide bonds. The van der Waals surface area contributed by atoms with Crippen LogP contribution in [-0.4, -0.2) is 41.0 Å². The standard InChI is InChI=1S/C15H18Cl2N2O3/c1-9(15(21)22)19-6-4-10(5-7-19)14(20)18-11-2-3-12(16)13(17)8-11/h2-3,8-10H,4-7H2,1H3,(H,18,20)(H,21,22)/t9-/m0/s1. The van der Waals surface area contributed by atoms with Crippen molar-refractivity contribution < 1.29 is 14.7 Å². The van der Waals surface area contributed by atoms with E-state index in [2.05, 4.69) is 5.32 Å². The van der Waals surface area contributed by atoms with Gasteiger partial charge in [0.2, 0.25) is 5.91 Å². The average Bonchev–Trinajstić information content (AvgIpc) is 2.50. The molecule has 0 unspecified atom stereocenters. The first-order chi connectivity index (χ1) is 10.4. The second-order valence-corrected chi connectivity index (χ2v) is 6.26. The Kier molecular flexibility index (Phi) is 5.67. The summed E-state index contributed by atoms with van der Waals surface area (Å²) in [6, 6.07) is 4.44. The number of carbonyl (C=O) groups excluding carboxylic acids is 1. The van der Waals surface area contributed by atoms with Crippen molar-refractivity contribution in [1.82, 2.24) is 4.90 Å². The van der Waals surface area contributed by atoms with Gasteiger partial charge in [-0.05, 0) is 51.1 Å². The molecule has 1 aliphatic heterocycles. The van der Waals surface area contributed by atoms with Crippen LogP contribution in [0.5, 0.6) is 0 Å². The largest absolute Gasteiger partial charge is 0.480 e. The van der Waals surface area contributed by atoms with Crippen LogP contribution in [0.25, 0.3) is 0 Å². The molecule has 1 aliphatic rings. The van der Waals surface area contributed by atoms with Crippen LogP contribution >= 0.6 is 23.2 Å². The number of rotatable bonds is 4. The molecule has 1 atom stereocenters. The van der Waals surface area contributed by atoms with Gasteiger partial charge >= 0.3 is 5.97 Å². The molecule has 0 bridgehead atoms. The zero-order valence-corrected chi connectivity index (χ0v) is 13.7. The van der Waals surface area contributed by atoms with Crippen molar-refractivity contribution in [2.75, 3.05) is 18.4 Å². The van der Waals surface area contributed by atoms with Crippen molar-refractivity contribution in [2.24, 2.45) is 5.92 Å². The Morgan fingerprint density at radius 2 is 1.91 bits per heavy atom. The number of piperidine rings is 1. The van der Waals surface area contributed by atoms with Gasteiger partial charge in [-0.2, -0.15) is 0 Å². The summed E-state index contributed by atoms with van der Waals surface area (Å²) in [6.07, 6.45) is 1.29. The molecule has 7 heteroatoms. The minimum atomic E-state index is -0.835. The Bertz CT molecular complexity index is 572. The number of benzene rings is 1. The fraction of sp³-hybridized carbons (Fsp3) is 0.467. The summed E-state index contributed by atoms with van der Waals surface area (Å²) in [4.78, 5) is 25.1. The number of nitrogens with one attached hydrogen (secondary N) is 1. The number of anilines is 1. The normalized spacial score (nSPS) is 18.0. The summed E-state index contributed by atoms with van der Waals surface area (Å²) in [5.74, 6) is -1.02. The zero-order valence-electron chi connectivity index (χ0n) is 12.2. The number of carbonyl (C=O) groups is 2. The molecule has 0 aromatic heterocycles. The van der Waals surface area contributed by atoms with E-state index in [1.807, 2.05) is 4.90 Å². The maximum absolute atomic E-state index is 12.3. The van der Waals surface area contributed by atoms with Gasteiger partial charge in [-0.1, -0.05) is 23.2 Å². The summed E-state index contributed by atoms with van der Waals surface area (Å²) in [5, 5.41) is 12.7. The summed E-state index contributed by atoms with van der Waals surface area (Å²) in [5.41, 5.74) is 0.612. The Balaban J connectivity index is 1.89. The Morgan fingerprint density at radius 3 is 2.45 bits per heavy atom. The van der Waals surface area contributed by atoms with Crippen LogP contribution in [0.3, 0.4) is 0 Å². The van der Waals surface area contributed by atoms with Gasteiger partial charge in [0.15, 0.2) is 0 Å². The van der Waals surface area contributed by atoms with E-state index in [4.69, 9.17) is 28.3 Å². The Morgan fingerprint density at radius 1 is 1.27 bits per heavy atom. The minimum Gasteiger partial charge on any atom is -0.480 e. The molecule has 1 aromatic rings. The van der Waals surface area contributed by atoms with E-state index in [1.165, 1.54) is 0 Å². The summed E-state index contributed by atoms with van der Waals surface area (Å²) < 4.78 is 0. The fourth-order valence-corrected chi connectivity index (χ4v) is 2.82. The van der Waals surface area contributed by atoms with Crippen LogP contribution in [0.15, 0.2) is 18.2 Å². The minimum absolute atomic E-state index is 0.0685. The fourth-order valence-electron chi connectivity index (χ4n) is 2.52. The quantitative estimate of drug-likeness (QED) is 0.880. The highest BCUT2D eigenvalue weighted by Gasteiger charge is 2.29. The van der Waals surface area contributed by atoms with Gasteiger partial charge in [-0.25, -0.2) is 0 Å². The van der Waals surface area contributed by atoms with Crippen molar-refractivity contribution in [3.8, 4) is 0 Å². The van der Waals surface area contributed by atoms with Crippen molar-refractivity contribution in [3.63, 3.8) is 0 Å². The molecular formula is C15H18Cl2N2O3. The van der Waals surface area contributed by atoms with Crippen LogP contribution < -0.4 is 5.32 Å². The molecular weight excluding hydrogens is 327 g/mol. The van der Waals surface area contributed by atoms with Gasteiger partial charge in [0.05, 0.1) is 10.0 Å². The Hall–Kier alpha value is -1.30. The van der Waals surface area contributed by atoms with E-state index in [0.29, 0.717) is 41.7 Å². The van der Waals surface area contributed by atoms with Crippen LogP contribution in [0, 0.1) is 5.92 Å². The average molecular weight is 345 g/mol. The molecule has 1 fully saturated rings. The predicted octanol–water partition coefficient (Wildman–Crippen LogP) is 3.12. The number of likely N-dealkylation sites (tertiary alicyclic amines) is 1. The van der Waals surface area contributed by atoms with Gasteiger partial charge in [0, 0.05) is 11.6 Å². The van der Waals surface area contributed by atoms with Crippen molar-refractivity contribution in [3.05, 3.63) is 28.2 Å². The second-order valence-electron chi connectivity index (χ2n) is 5.44. The number of hydrogen-bond acceptors (Lipinski definition) is 3. The lowest BCUT2D eigenvalue weighted by Gasteiger charge is -2.33. The molecule has 5 nitrogen and oxygen atoms in total. The molecule has 0 spiro atoms. The maximum atomic E-state index is 12.3. The first-order valence-corrected chi connectivity index (χ1v) is 7.87. The van der Waals surface area contributed by atoms with Crippen LogP contribution in [-0.2, 0) is 9.59 Å². The highest BCUT2D eigenvalue weighted by atomic mass is 35.5. The molecule has 1 aromatic carbocycles. The van der Waals surface area contributed by atoms with Gasteiger partial charge < -0.3 is 10.4 Å². The van der Waals surface area contributed by atoms with E-state index >= 15 is 0 Å². The number of aliphatic carboxylic acids is 1. The topological polar surface area (TPSA) is 69.6 Å². The molecule has 1 heterocycles. The maximum Gasteiger partial charge on any atom is 0.320 e. The van der Waals surface area contributed by atoms with Crippen LogP contribution in [0.2, 0.25) is 10.0 Å². The number of carboxylic acid groups (broad SMARTS) is 1. The molecule has 2 rings (SSSR count). The number of amides is 1. The Labute approximate surface area is 139 Å². The highest BCUT2D eigenvalue weighted by Crippen LogP contribution is 2.26. The first kappa shape index (κ1) is 17.1. The van der Waals surface area contributed by atoms with Gasteiger partial charge in [-0.3, -0.25) is 14.5 Å². The van der Waals surface area contributed by atoms with Crippen molar-refractivity contribution in [1.29, 1.82) is 0 Å². The molecule has 0 saturated carbocycles. The smallest absolute Gasteiger partial charge is 0.320 e. The van der Waals surface area contributed by atoms with E-state index < -0.39 is 12.0 Å². The number of hydrogen-bond donors (Lipinski definition) is 2. The van der Waals surface area contributed by atoms with E-state index in [9.17, 15) is 9.59 Å². The molecule has 2 N–H and O–H groups in total. The van der Waals surface area contributed by atoms with Crippen LogP contribution in [0.1, 0.15) is 19.8 Å². The first-order valence-electron chi connectivity index (χ1n) is 7.11. The van der Waals surface area contributed by atoms with Crippen molar-refractivity contribution in [2.45, 2.75) is 25.8 Å². The van der Waals surface area contributed by atoms with Crippen LogP contribution in [0.4, 0.5) is 5.69 Å². The SMILES string of the molecule is C[C@@H](C(=O)O)N1CCC(C(=O)Nc2ccc(Cl)c(Cl)c2)CC1. The highest BCUT2D eigenvalue weighted by molar-refractivity contribution is 6.42. The number of carboxylic acids is 1. The summed E-state index contributed by atoms with van der Waals surface area (Å²) in [7, 11) is 0. The lowest BCUT2D eigenvalue weighted by molar-refractivity contribution is -0.143. The number of nitrogens with zero attached hydrogens (tertiary/aromatic N) is 1. The number of halogens is 2. The predicted molar refractivity (Wildman–Crippen MR) is 86.5 cm³/mol. The van der Waals surface area contributed by atoms with Crippen molar-refractivity contribution >= 4 is 40.8 Å². The summed E-state index contributed by atoms with van der Waals surface area (Å²) >= 11 is 11.8. The molecule has 120 valence electrons. The third kappa shape index (κ3) is 4.12. The molecule has 22 heavy (non-hydrogen) atoms. The van der Waals surface area contributed by atoms with E-state index in [0.717, 1.165) is 0 Å².